The summed E-state index contributed by atoms with van der Waals surface area (Å²) in [5.74, 6) is 0.852. The smallest absolute Gasteiger partial charge is 0.190 e. The Morgan fingerprint density at radius 3 is 2.65 bits per heavy atom. The van der Waals surface area contributed by atoms with Gasteiger partial charge in [0.05, 0.1) is 5.60 Å². The summed E-state index contributed by atoms with van der Waals surface area (Å²) in [6.07, 6.45) is 3.43. The zero-order chi connectivity index (χ0) is 12.5. The molecule has 1 aromatic heterocycles. The van der Waals surface area contributed by atoms with Crippen molar-refractivity contribution in [3.63, 3.8) is 0 Å². The molecule has 0 radical (unpaired) electrons. The molecule has 1 N–H and O–H groups in total. The summed E-state index contributed by atoms with van der Waals surface area (Å²) in [4.78, 5) is 10.7. The predicted octanol–water partition coefficient (Wildman–Crippen LogP) is 2.20. The Morgan fingerprint density at radius 1 is 1.41 bits per heavy atom. The second-order valence-corrected chi connectivity index (χ2v) is 5.68. The lowest BCUT2D eigenvalue weighted by Gasteiger charge is -2.36. The van der Waals surface area contributed by atoms with Crippen LogP contribution in [0, 0.1) is 0 Å². The highest BCUT2D eigenvalue weighted by molar-refractivity contribution is 7.98. The van der Waals surface area contributed by atoms with Crippen LogP contribution < -0.4 is 4.90 Å². The molecule has 0 unspecified atom stereocenters. The summed E-state index contributed by atoms with van der Waals surface area (Å²) in [5, 5.41) is 11.1. The summed E-state index contributed by atoms with van der Waals surface area (Å²) in [7, 11) is 0. The highest BCUT2D eigenvalue weighted by atomic mass is 35.5. The summed E-state index contributed by atoms with van der Waals surface area (Å²) < 4.78 is 0. The zero-order valence-corrected chi connectivity index (χ0v) is 11.6. The second kappa shape index (κ2) is 5.00. The van der Waals surface area contributed by atoms with Crippen molar-refractivity contribution < 1.29 is 5.11 Å². The van der Waals surface area contributed by atoms with Gasteiger partial charge in [0.25, 0.3) is 0 Å². The number of hydrogen-bond donors (Lipinski definition) is 1. The third kappa shape index (κ3) is 3.24. The van der Waals surface area contributed by atoms with Gasteiger partial charge in [-0.25, -0.2) is 9.97 Å². The van der Waals surface area contributed by atoms with Crippen LogP contribution in [0.5, 0.6) is 0 Å². The fourth-order valence-electron chi connectivity index (χ4n) is 1.86. The molecule has 94 valence electrons. The lowest BCUT2D eigenvalue weighted by Crippen LogP contribution is -2.42. The van der Waals surface area contributed by atoms with Gasteiger partial charge < -0.3 is 10.0 Å². The van der Waals surface area contributed by atoms with Gasteiger partial charge in [0.15, 0.2) is 5.16 Å². The minimum Gasteiger partial charge on any atom is -0.390 e. The Labute approximate surface area is 110 Å². The van der Waals surface area contributed by atoms with Crippen LogP contribution in [0.4, 0.5) is 5.82 Å². The zero-order valence-electron chi connectivity index (χ0n) is 9.98. The predicted molar refractivity (Wildman–Crippen MR) is 70.9 cm³/mol. The van der Waals surface area contributed by atoms with Crippen molar-refractivity contribution >= 4 is 29.2 Å². The molecule has 0 spiro atoms. The van der Waals surface area contributed by atoms with E-state index in [1.54, 1.807) is 6.07 Å². The molecule has 17 heavy (non-hydrogen) atoms. The van der Waals surface area contributed by atoms with Crippen molar-refractivity contribution in [2.75, 3.05) is 24.2 Å². The average molecular weight is 274 g/mol. The number of aromatic nitrogens is 2. The molecule has 2 rings (SSSR count). The molecule has 0 amide bonds. The van der Waals surface area contributed by atoms with E-state index in [2.05, 4.69) is 14.9 Å². The molecule has 1 fully saturated rings. The van der Waals surface area contributed by atoms with Crippen molar-refractivity contribution in [3.8, 4) is 0 Å². The summed E-state index contributed by atoms with van der Waals surface area (Å²) in [6.45, 7) is 3.48. The maximum atomic E-state index is 9.90. The normalized spacial score (nSPS) is 19.4. The van der Waals surface area contributed by atoms with Crippen LogP contribution in [-0.2, 0) is 0 Å². The van der Waals surface area contributed by atoms with E-state index in [9.17, 15) is 5.11 Å². The number of piperidine rings is 1. The van der Waals surface area contributed by atoms with Crippen molar-refractivity contribution in [3.05, 3.63) is 11.2 Å². The number of halogens is 1. The lowest BCUT2D eigenvalue weighted by molar-refractivity contribution is 0.0350. The van der Waals surface area contributed by atoms with E-state index in [-0.39, 0.29) is 0 Å². The maximum Gasteiger partial charge on any atom is 0.190 e. The molecule has 0 atom stereocenters. The first kappa shape index (κ1) is 12.9. The maximum absolute atomic E-state index is 9.90. The van der Waals surface area contributed by atoms with E-state index in [1.165, 1.54) is 11.8 Å². The van der Waals surface area contributed by atoms with Crippen LogP contribution >= 0.6 is 23.4 Å². The number of aliphatic hydroxyl groups is 1. The highest BCUT2D eigenvalue weighted by Gasteiger charge is 2.28. The van der Waals surface area contributed by atoms with Crippen LogP contribution in [0.3, 0.4) is 0 Å². The molecule has 0 bridgehead atoms. The number of thioether (sulfide) groups is 1. The third-order valence-electron chi connectivity index (χ3n) is 3.01. The van der Waals surface area contributed by atoms with Crippen molar-refractivity contribution in [1.29, 1.82) is 0 Å². The van der Waals surface area contributed by atoms with Gasteiger partial charge in [-0.2, -0.15) is 0 Å². The summed E-state index contributed by atoms with van der Waals surface area (Å²) in [6, 6.07) is 1.78. The monoisotopic (exact) mass is 273 g/mol. The largest absolute Gasteiger partial charge is 0.390 e. The van der Waals surface area contributed by atoms with Gasteiger partial charge in [-0.15, -0.1) is 0 Å². The van der Waals surface area contributed by atoms with E-state index in [0.717, 1.165) is 31.7 Å². The number of hydrogen-bond acceptors (Lipinski definition) is 5. The van der Waals surface area contributed by atoms with Gasteiger partial charge in [-0.05, 0) is 26.0 Å². The fourth-order valence-corrected chi connectivity index (χ4v) is 2.46. The van der Waals surface area contributed by atoms with Gasteiger partial charge in [0.2, 0.25) is 0 Å². The van der Waals surface area contributed by atoms with E-state index in [1.807, 2.05) is 13.2 Å². The molecule has 2 heterocycles. The first-order valence-electron chi connectivity index (χ1n) is 5.56. The fraction of sp³-hybridized carbons (Fsp3) is 0.636. The molecule has 6 heteroatoms. The molecule has 1 aromatic rings. The Bertz CT molecular complexity index is 404. The highest BCUT2D eigenvalue weighted by Crippen LogP contribution is 2.26. The Balaban J connectivity index is 2.15. The number of rotatable bonds is 2. The van der Waals surface area contributed by atoms with Crippen molar-refractivity contribution in [2.45, 2.75) is 30.5 Å². The van der Waals surface area contributed by atoms with Crippen LogP contribution in [0.15, 0.2) is 11.2 Å². The first-order valence-corrected chi connectivity index (χ1v) is 7.16. The molecular formula is C11H16ClN3OS. The van der Waals surface area contributed by atoms with Gasteiger partial charge in [0, 0.05) is 19.2 Å². The molecule has 0 aliphatic carbocycles. The van der Waals surface area contributed by atoms with Gasteiger partial charge in [-0.3, -0.25) is 0 Å². The third-order valence-corrected chi connectivity index (χ3v) is 3.75. The van der Waals surface area contributed by atoms with Crippen molar-refractivity contribution in [2.24, 2.45) is 0 Å². The van der Waals surface area contributed by atoms with Crippen LogP contribution in [0.25, 0.3) is 0 Å². The molecule has 4 nitrogen and oxygen atoms in total. The Hall–Kier alpha value is -0.520. The first-order chi connectivity index (χ1) is 8.00. The Kier molecular flexibility index (Phi) is 3.80. The van der Waals surface area contributed by atoms with Gasteiger partial charge >= 0.3 is 0 Å². The standard InChI is InChI=1S/C11H16ClN3OS/c1-11(16)3-5-15(6-4-11)9-7-8(12)13-10(14-9)17-2/h7,16H,3-6H2,1-2H3. The molecular weight excluding hydrogens is 258 g/mol. The van der Waals surface area contributed by atoms with Crippen LogP contribution in [-0.4, -0.2) is 40.0 Å². The van der Waals surface area contributed by atoms with Crippen LogP contribution in [0.1, 0.15) is 19.8 Å². The molecule has 0 aromatic carbocycles. The van der Waals surface area contributed by atoms with Crippen LogP contribution in [0.2, 0.25) is 5.15 Å². The van der Waals surface area contributed by atoms with E-state index in [0.29, 0.717) is 10.3 Å². The molecule has 1 aliphatic rings. The quantitative estimate of drug-likeness (QED) is 0.509. The minimum atomic E-state index is -0.546. The number of nitrogens with zero attached hydrogens (tertiary/aromatic N) is 3. The van der Waals surface area contributed by atoms with E-state index < -0.39 is 5.60 Å². The Morgan fingerprint density at radius 2 is 2.06 bits per heavy atom. The average Bonchev–Trinajstić information content (AvgIpc) is 2.28. The molecule has 0 saturated carbocycles. The topological polar surface area (TPSA) is 49.2 Å². The summed E-state index contributed by atoms with van der Waals surface area (Å²) >= 11 is 7.44. The van der Waals surface area contributed by atoms with Gasteiger partial charge in [0.1, 0.15) is 11.0 Å². The molecule has 1 saturated heterocycles. The minimum absolute atomic E-state index is 0.469. The SMILES string of the molecule is CSc1nc(Cl)cc(N2CCC(C)(O)CC2)n1. The van der Waals surface area contributed by atoms with Gasteiger partial charge in [-0.1, -0.05) is 23.4 Å². The van der Waals surface area contributed by atoms with E-state index in [4.69, 9.17) is 11.6 Å². The van der Waals surface area contributed by atoms with E-state index >= 15 is 0 Å². The number of anilines is 1. The second-order valence-electron chi connectivity index (χ2n) is 4.52. The summed E-state index contributed by atoms with van der Waals surface area (Å²) in [5.41, 5.74) is -0.546. The lowest BCUT2D eigenvalue weighted by atomic mass is 9.94. The molecule has 1 aliphatic heterocycles. The van der Waals surface area contributed by atoms with Crippen molar-refractivity contribution in [1.82, 2.24) is 9.97 Å².